The molecule has 6 aliphatic rings. The molecule has 4 fully saturated rings. The number of allylic oxidation sites excluding steroid dienone is 5. The molecule has 242 valence electrons. The van der Waals surface area contributed by atoms with Crippen molar-refractivity contribution in [3.05, 3.63) is 35.5 Å². The highest BCUT2D eigenvalue weighted by Crippen LogP contribution is 2.67. The van der Waals surface area contributed by atoms with Crippen LogP contribution in [0.1, 0.15) is 155 Å². The van der Waals surface area contributed by atoms with Crippen LogP contribution in [0.3, 0.4) is 0 Å². The van der Waals surface area contributed by atoms with E-state index in [1.165, 1.54) is 11.1 Å². The van der Waals surface area contributed by atoms with Gasteiger partial charge in [0.15, 0.2) is 0 Å². The van der Waals surface area contributed by atoms with Crippen LogP contribution in [0.5, 0.6) is 0 Å². The molecule has 43 heavy (non-hydrogen) atoms. The summed E-state index contributed by atoms with van der Waals surface area (Å²) in [5, 5.41) is 41.5. The Kier molecular flexibility index (Phi) is 6.02. The summed E-state index contributed by atoms with van der Waals surface area (Å²) >= 11 is 0. The van der Waals surface area contributed by atoms with Gasteiger partial charge >= 0.3 is 0 Å². The van der Waals surface area contributed by atoms with Crippen LogP contribution in [0.25, 0.3) is 0 Å². The number of hydrogen-bond donors (Lipinski definition) is 4. The Labute approximate surface area is 280 Å². The van der Waals surface area contributed by atoms with E-state index in [-0.39, 0.29) is 53.1 Å². The van der Waals surface area contributed by atoms with Gasteiger partial charge in [-0.25, -0.2) is 0 Å². The van der Waals surface area contributed by atoms with Gasteiger partial charge in [0.1, 0.15) is 5.60 Å². The quantitative estimate of drug-likeness (QED) is 0.182. The van der Waals surface area contributed by atoms with Gasteiger partial charge in [0, 0.05) is 28.3 Å². The van der Waals surface area contributed by atoms with Crippen molar-refractivity contribution in [2.75, 3.05) is 0 Å². The van der Waals surface area contributed by atoms with Crippen LogP contribution in [0.15, 0.2) is 35.5 Å². The van der Waals surface area contributed by atoms with E-state index in [0.717, 1.165) is 83.1 Å². The van der Waals surface area contributed by atoms with Crippen LogP contribution >= 0.6 is 0 Å². The standard InChI is InChI=1S/C19H30O2.C19H28O2.CH4/c2*1-17(2,21)9-5-11-19(12-13-19)16-8-7-14-15(20)6-4-10-18(14,16)3;/h5,8-9,14-15,20-21H,4,6-7,10-13H2,1-3H3;8,14-15,20-21H,4,6-7,10-13H2,1-3H3;1H4/b9-5-;;/t2*14?,15-,18-;/m00./s1/i2*1D3,2D3;. The molecule has 0 aliphatic heterocycles. The largest absolute Gasteiger partial charge is 0.393 e. The van der Waals surface area contributed by atoms with Crippen LogP contribution in [-0.4, -0.2) is 43.8 Å². The summed E-state index contributed by atoms with van der Waals surface area (Å²) in [6.07, 6.45) is 18.5. The van der Waals surface area contributed by atoms with Gasteiger partial charge in [0.25, 0.3) is 0 Å². The van der Waals surface area contributed by atoms with E-state index in [1.54, 1.807) is 6.08 Å². The van der Waals surface area contributed by atoms with Crippen molar-refractivity contribution in [1.82, 2.24) is 0 Å². The normalized spacial score (nSPS) is 42.3. The lowest BCUT2D eigenvalue weighted by atomic mass is 9.62. The first-order chi connectivity index (χ1) is 24.5. The molecule has 2 unspecified atom stereocenters. The molecule has 6 atom stereocenters. The highest BCUT2D eigenvalue weighted by molar-refractivity contribution is 5.37. The Morgan fingerprint density at radius 3 is 1.81 bits per heavy atom. The molecule has 0 aromatic heterocycles. The van der Waals surface area contributed by atoms with Crippen molar-refractivity contribution in [2.45, 2.75) is 162 Å². The lowest BCUT2D eigenvalue weighted by Crippen LogP contribution is -2.40. The first kappa shape index (κ1) is 21.4. The summed E-state index contributed by atoms with van der Waals surface area (Å²) in [4.78, 5) is 0. The Morgan fingerprint density at radius 2 is 1.35 bits per heavy atom. The fourth-order valence-corrected chi connectivity index (χ4v) is 9.31. The Bertz CT molecular complexity index is 1540. The third kappa shape index (κ3) is 7.06. The van der Waals surface area contributed by atoms with Crippen molar-refractivity contribution in [1.29, 1.82) is 0 Å². The summed E-state index contributed by atoms with van der Waals surface area (Å²) < 4.78 is 89.3. The summed E-state index contributed by atoms with van der Waals surface area (Å²) in [7, 11) is 0. The minimum Gasteiger partial charge on any atom is -0.393 e. The van der Waals surface area contributed by atoms with Crippen LogP contribution in [0.4, 0.5) is 0 Å². The first-order valence-corrected chi connectivity index (χ1v) is 15.9. The average molecular weight is 607 g/mol. The summed E-state index contributed by atoms with van der Waals surface area (Å²) in [6, 6.07) is 0. The number of aliphatic hydroxyl groups is 4. The van der Waals surface area contributed by atoms with E-state index in [9.17, 15) is 20.4 Å². The first-order valence-electron chi connectivity index (χ1n) is 21.9. The summed E-state index contributed by atoms with van der Waals surface area (Å²) in [5.41, 5.74) is -3.58. The van der Waals surface area contributed by atoms with E-state index in [0.29, 0.717) is 12.8 Å². The van der Waals surface area contributed by atoms with E-state index < -0.39 is 38.6 Å². The molecular formula is C39H62O4. The van der Waals surface area contributed by atoms with Crippen molar-refractivity contribution in [3.63, 3.8) is 0 Å². The maximum absolute atomic E-state index is 10.4. The van der Waals surface area contributed by atoms with Crippen molar-refractivity contribution >= 4 is 0 Å². The zero-order valence-electron chi connectivity index (χ0n) is 37.3. The zero-order valence-corrected chi connectivity index (χ0v) is 25.3. The highest BCUT2D eigenvalue weighted by Gasteiger charge is 2.58. The summed E-state index contributed by atoms with van der Waals surface area (Å²) in [5.74, 6) is 5.37. The molecule has 4 heteroatoms. The van der Waals surface area contributed by atoms with Crippen molar-refractivity contribution in [3.8, 4) is 11.8 Å². The lowest BCUT2D eigenvalue weighted by Gasteiger charge is -2.44. The zero-order chi connectivity index (χ0) is 40.6. The van der Waals surface area contributed by atoms with Gasteiger partial charge in [-0.3, -0.25) is 0 Å². The smallest absolute Gasteiger partial charge is 0.119 e. The molecule has 0 amide bonds. The molecule has 4 saturated carbocycles. The van der Waals surface area contributed by atoms with Gasteiger partial charge in [-0.1, -0.05) is 68.6 Å². The van der Waals surface area contributed by atoms with Gasteiger partial charge in [-0.2, -0.15) is 0 Å². The van der Waals surface area contributed by atoms with Crippen LogP contribution < -0.4 is 0 Å². The Morgan fingerprint density at radius 1 is 0.837 bits per heavy atom. The van der Waals surface area contributed by atoms with E-state index in [1.807, 2.05) is 0 Å². The minimum atomic E-state index is -3.11. The Balaban J connectivity index is 0.000000240. The van der Waals surface area contributed by atoms with Crippen LogP contribution in [0, 0.1) is 45.3 Å². The average Bonchev–Trinajstić information content (AvgIpc) is 3.91. The summed E-state index contributed by atoms with van der Waals surface area (Å²) in [6.45, 7) is -7.85. The molecule has 0 radical (unpaired) electrons. The second-order valence-corrected chi connectivity index (χ2v) is 14.8. The van der Waals surface area contributed by atoms with Gasteiger partial charge < -0.3 is 20.4 Å². The van der Waals surface area contributed by atoms with E-state index in [4.69, 9.17) is 16.4 Å². The molecule has 0 aromatic rings. The van der Waals surface area contributed by atoms with Crippen LogP contribution in [-0.2, 0) is 0 Å². The van der Waals surface area contributed by atoms with E-state index in [2.05, 4.69) is 37.8 Å². The van der Waals surface area contributed by atoms with E-state index >= 15 is 0 Å². The molecule has 4 N–H and O–H groups in total. The molecule has 6 aliphatic carbocycles. The van der Waals surface area contributed by atoms with Crippen molar-refractivity contribution < 1.29 is 36.9 Å². The topological polar surface area (TPSA) is 80.9 Å². The molecule has 0 heterocycles. The van der Waals surface area contributed by atoms with Gasteiger partial charge in [0.05, 0.1) is 17.8 Å². The number of fused-ring (bicyclic) bond motifs is 2. The van der Waals surface area contributed by atoms with Crippen molar-refractivity contribution in [2.24, 2.45) is 33.5 Å². The number of hydrogen-bond acceptors (Lipinski definition) is 4. The molecule has 0 bridgehead atoms. The molecule has 4 nitrogen and oxygen atoms in total. The fourth-order valence-electron chi connectivity index (χ4n) is 9.31. The predicted octanol–water partition coefficient (Wildman–Crippen LogP) is 8.05. The highest BCUT2D eigenvalue weighted by atomic mass is 16.3. The third-order valence-electron chi connectivity index (χ3n) is 11.8. The maximum Gasteiger partial charge on any atom is 0.119 e. The molecular weight excluding hydrogens is 532 g/mol. The Hall–Kier alpha value is -1.38. The van der Waals surface area contributed by atoms with Gasteiger partial charge in [0.2, 0.25) is 0 Å². The maximum atomic E-state index is 10.4. The molecule has 6 rings (SSSR count). The fraction of sp³-hybridized carbons (Fsp3) is 0.795. The number of aliphatic hydroxyl groups excluding tert-OH is 2. The van der Waals surface area contributed by atoms with Gasteiger partial charge in [-0.15, -0.1) is 0 Å². The third-order valence-corrected chi connectivity index (χ3v) is 11.8. The lowest BCUT2D eigenvalue weighted by molar-refractivity contribution is 0.00658. The second kappa shape index (κ2) is 12.1. The van der Waals surface area contributed by atoms with Gasteiger partial charge in [-0.05, 0) is 139 Å². The number of rotatable bonds is 6. The second-order valence-electron chi connectivity index (χ2n) is 14.8. The molecule has 0 spiro atoms. The predicted molar refractivity (Wildman–Crippen MR) is 177 cm³/mol. The molecule has 0 saturated heterocycles. The SMILES string of the molecule is C.[2H]C([2H])([2H])C(O)(/C=C\CC1(C2=CCC3[C@@H](O)CCC[C@]23C)CC1)C([2H])([2H])[2H].[2H]C([2H])([2H])C(O)(C#CCC1(C2=CCC3[C@@H](O)CCC[C@]23C)CC1)C([2H])([2H])[2H]. The monoisotopic (exact) mass is 607 g/mol. The molecule has 0 aromatic carbocycles. The van der Waals surface area contributed by atoms with Crippen LogP contribution in [0.2, 0.25) is 0 Å². The minimum absolute atomic E-state index is 0.